The summed E-state index contributed by atoms with van der Waals surface area (Å²) in [5.41, 5.74) is 0.477. The van der Waals surface area contributed by atoms with Crippen LogP contribution in [0.1, 0.15) is 52.7 Å². The molecule has 45 heavy (non-hydrogen) atoms. The Balaban J connectivity index is 2.14. The normalized spacial score (nSPS) is 22.5. The van der Waals surface area contributed by atoms with Crippen molar-refractivity contribution in [1.29, 1.82) is 0 Å². The fourth-order valence-corrected chi connectivity index (χ4v) is 7.44. The second-order valence-electron chi connectivity index (χ2n) is 9.83. The third-order valence-corrected chi connectivity index (χ3v) is 8.91. The van der Waals surface area contributed by atoms with Crippen molar-refractivity contribution < 1.29 is 57.2 Å². The lowest BCUT2D eigenvalue weighted by molar-refractivity contribution is -0.193. The van der Waals surface area contributed by atoms with E-state index in [0.29, 0.717) is 10.6 Å². The van der Waals surface area contributed by atoms with E-state index in [4.69, 9.17) is 28.4 Å². The monoisotopic (exact) mass is 669 g/mol. The number of esters is 5. The van der Waals surface area contributed by atoms with Gasteiger partial charge in [0, 0.05) is 40.2 Å². The number of benzene rings is 1. The van der Waals surface area contributed by atoms with E-state index >= 15 is 0 Å². The van der Waals surface area contributed by atoms with Crippen LogP contribution in [-0.2, 0) is 52.4 Å². The van der Waals surface area contributed by atoms with E-state index in [0.717, 1.165) is 68.7 Å². The van der Waals surface area contributed by atoms with Gasteiger partial charge in [0.1, 0.15) is 11.7 Å². The number of nitrogens with one attached hydrogen (secondary N) is 1. The van der Waals surface area contributed by atoms with Crippen molar-refractivity contribution in [1.82, 2.24) is 10.3 Å². The first-order valence-electron chi connectivity index (χ1n) is 13.7. The highest BCUT2D eigenvalue weighted by atomic mass is 32.2. The van der Waals surface area contributed by atoms with Crippen molar-refractivity contribution in [3.63, 3.8) is 0 Å². The molecule has 246 valence electrons. The van der Waals surface area contributed by atoms with Gasteiger partial charge in [-0.1, -0.05) is 41.6 Å². The molecule has 0 bridgehead atoms. The minimum Gasteiger partial charge on any atom is -0.462 e. The quantitative estimate of drug-likeness (QED) is 0.267. The number of nitrogens with zero attached hydrogens (tertiary/aromatic N) is 2. The van der Waals surface area contributed by atoms with Crippen LogP contribution in [0.25, 0.3) is 0 Å². The van der Waals surface area contributed by atoms with Crippen LogP contribution in [0.5, 0.6) is 0 Å². The van der Waals surface area contributed by atoms with Crippen LogP contribution >= 0.6 is 23.5 Å². The van der Waals surface area contributed by atoms with Crippen LogP contribution in [-0.4, -0.2) is 93.3 Å². The third-order valence-electron chi connectivity index (χ3n) is 6.06. The van der Waals surface area contributed by atoms with Crippen molar-refractivity contribution in [3.05, 3.63) is 35.4 Å². The van der Waals surface area contributed by atoms with Gasteiger partial charge in [0.05, 0.1) is 12.6 Å². The molecule has 6 atom stereocenters. The van der Waals surface area contributed by atoms with Crippen molar-refractivity contribution >= 4 is 64.5 Å². The molecule has 1 amide bonds. The summed E-state index contributed by atoms with van der Waals surface area (Å²) in [6, 6.07) is 6.16. The molecule has 1 N–H and O–H groups in total. The highest BCUT2D eigenvalue weighted by molar-refractivity contribution is 8.26. The largest absolute Gasteiger partial charge is 0.462 e. The molecule has 0 aliphatic carbocycles. The second-order valence-corrected chi connectivity index (χ2v) is 12.6. The first kappa shape index (κ1) is 35.6. The van der Waals surface area contributed by atoms with Gasteiger partial charge in [-0.2, -0.15) is 10.1 Å². The van der Waals surface area contributed by atoms with Gasteiger partial charge in [-0.3, -0.25) is 29.3 Å². The van der Waals surface area contributed by atoms with Crippen molar-refractivity contribution in [2.75, 3.05) is 13.2 Å². The number of carbonyl (C=O) groups is 6. The molecule has 2 aliphatic heterocycles. The molecule has 0 saturated carbocycles. The van der Waals surface area contributed by atoms with Gasteiger partial charge in [0.15, 0.2) is 23.7 Å². The van der Waals surface area contributed by atoms with Crippen LogP contribution in [0.3, 0.4) is 0 Å². The number of hydrazone groups is 1. The van der Waals surface area contributed by atoms with Gasteiger partial charge in [-0.05, 0) is 25.6 Å². The fraction of sp³-hybridized carbons (Fsp3) is 0.536. The average molecular weight is 670 g/mol. The van der Waals surface area contributed by atoms with Gasteiger partial charge in [-0.25, -0.2) is 4.79 Å². The lowest BCUT2D eigenvalue weighted by atomic mass is 10.0. The lowest BCUT2D eigenvalue weighted by Crippen LogP contribution is -2.60. The second kappa shape index (κ2) is 15.4. The predicted molar refractivity (Wildman–Crippen MR) is 160 cm³/mol. The Labute approximate surface area is 268 Å². The smallest absolute Gasteiger partial charge is 0.433 e. The molecule has 2 heterocycles. The summed E-state index contributed by atoms with van der Waals surface area (Å²) < 4.78 is 31.0. The Morgan fingerprint density at radius 3 is 2.04 bits per heavy atom. The first-order valence-corrected chi connectivity index (χ1v) is 15.4. The van der Waals surface area contributed by atoms with E-state index < -0.39 is 76.7 Å². The molecule has 1 saturated heterocycles. The Hall–Kier alpha value is -3.83. The predicted octanol–water partition coefficient (Wildman–Crippen LogP) is 2.43. The van der Waals surface area contributed by atoms with Crippen LogP contribution in [0.4, 0.5) is 4.79 Å². The highest BCUT2D eigenvalue weighted by Crippen LogP contribution is 2.53. The Kier molecular flexibility index (Phi) is 12.2. The highest BCUT2D eigenvalue weighted by Gasteiger charge is 2.62. The summed E-state index contributed by atoms with van der Waals surface area (Å²) in [5.74, 6) is -3.95. The molecular formula is C28H35N3O12S2. The van der Waals surface area contributed by atoms with Gasteiger partial charge in [0.25, 0.3) is 0 Å². The van der Waals surface area contributed by atoms with E-state index in [-0.39, 0.29) is 6.61 Å². The summed E-state index contributed by atoms with van der Waals surface area (Å²) in [6.07, 6.45) is -5.41. The Morgan fingerprint density at radius 2 is 1.51 bits per heavy atom. The average Bonchev–Trinajstić information content (AvgIpc) is 3.48. The van der Waals surface area contributed by atoms with Gasteiger partial charge < -0.3 is 28.4 Å². The van der Waals surface area contributed by atoms with E-state index in [1.807, 2.05) is 31.2 Å². The standard InChI is InChI=1S/C28H35N3O12S2/c1-8-38-27(37)31-28(44-25(30-31)20-11-9-14(2)10-12-20)29-22(26(45-28)43-19(7)36)24(42-18(6)35)23(41-17(5)34)21(40-16(4)33)13-39-15(3)32/h9-12,21-24,26,29H,8,13H2,1-7H3/t21-,22?,23+,24+,26?,28?/m1/s1. The minimum absolute atomic E-state index is 0.0255. The number of thioether (sulfide) groups is 2. The van der Waals surface area contributed by atoms with Gasteiger partial charge in [0.2, 0.25) is 4.33 Å². The van der Waals surface area contributed by atoms with Crippen LogP contribution < -0.4 is 5.32 Å². The van der Waals surface area contributed by atoms with E-state index in [1.54, 1.807) is 6.92 Å². The van der Waals surface area contributed by atoms with Gasteiger partial charge in [-0.15, -0.1) is 0 Å². The zero-order chi connectivity index (χ0) is 33.5. The van der Waals surface area contributed by atoms with Crippen molar-refractivity contribution in [3.8, 4) is 0 Å². The number of hydrogen-bond donors (Lipinski definition) is 1. The Morgan fingerprint density at radius 1 is 0.889 bits per heavy atom. The summed E-state index contributed by atoms with van der Waals surface area (Å²) in [7, 11) is 0. The summed E-state index contributed by atoms with van der Waals surface area (Å²) in [4.78, 5) is 74.1. The molecule has 1 aromatic rings. The van der Waals surface area contributed by atoms with Gasteiger partial charge >= 0.3 is 35.9 Å². The molecular weight excluding hydrogens is 634 g/mol. The van der Waals surface area contributed by atoms with Crippen molar-refractivity contribution in [2.45, 2.75) is 82.6 Å². The number of hydrogen-bond acceptors (Lipinski definition) is 16. The number of ether oxygens (including phenoxy) is 6. The molecule has 2 aliphatic rings. The van der Waals surface area contributed by atoms with E-state index in [9.17, 15) is 28.8 Å². The summed E-state index contributed by atoms with van der Waals surface area (Å²) >= 11 is 2.06. The molecule has 3 unspecified atom stereocenters. The molecule has 17 heteroatoms. The number of carbonyl (C=O) groups excluding carboxylic acids is 6. The van der Waals surface area contributed by atoms with Crippen LogP contribution in [0, 0.1) is 6.92 Å². The molecule has 1 spiro atoms. The molecule has 1 aromatic carbocycles. The number of rotatable bonds is 11. The molecule has 0 aromatic heterocycles. The molecule has 3 rings (SSSR count). The number of aryl methyl sites for hydroxylation is 1. The summed E-state index contributed by atoms with van der Waals surface area (Å²) in [6.45, 7) is 8.54. The topological polar surface area (TPSA) is 185 Å². The fourth-order valence-electron chi connectivity index (χ4n) is 4.41. The number of amides is 1. The molecule has 0 radical (unpaired) electrons. The van der Waals surface area contributed by atoms with Crippen molar-refractivity contribution in [2.24, 2.45) is 5.10 Å². The zero-order valence-corrected chi connectivity index (χ0v) is 27.4. The van der Waals surface area contributed by atoms with E-state index in [2.05, 4.69) is 10.4 Å². The SMILES string of the molecule is CCOC(=O)N1N=C(c2ccc(C)cc2)SC12NC([C@H](OC(C)=O)[C@@H](OC(C)=O)[C@@H](COC(C)=O)OC(C)=O)C(OC(C)=O)S2. The third kappa shape index (κ3) is 9.34. The first-order chi connectivity index (χ1) is 21.1. The summed E-state index contributed by atoms with van der Waals surface area (Å²) in [5, 5.41) is 9.18. The maximum absolute atomic E-state index is 13.2. The molecule has 1 fully saturated rings. The zero-order valence-electron chi connectivity index (χ0n) is 25.7. The van der Waals surface area contributed by atoms with Crippen LogP contribution in [0.2, 0.25) is 0 Å². The molecule has 15 nitrogen and oxygen atoms in total. The maximum Gasteiger partial charge on any atom is 0.433 e. The Bertz CT molecular complexity index is 1340. The van der Waals surface area contributed by atoms with E-state index in [1.165, 1.54) is 0 Å². The van der Waals surface area contributed by atoms with Crippen LogP contribution in [0.15, 0.2) is 29.4 Å². The maximum atomic E-state index is 13.2. The minimum atomic E-state index is -1.58. The lowest BCUT2D eigenvalue weighted by Gasteiger charge is -2.36.